The molecule has 0 heterocycles. The van der Waals surface area contributed by atoms with Crippen LogP contribution in [0.5, 0.6) is 0 Å². The summed E-state index contributed by atoms with van der Waals surface area (Å²) >= 11 is 11.7. The van der Waals surface area contributed by atoms with Crippen LogP contribution in [0.2, 0.25) is 10.0 Å². The second-order valence-corrected chi connectivity index (χ2v) is 8.11. The van der Waals surface area contributed by atoms with Crippen LogP contribution in [0.15, 0.2) is 41.3 Å². The van der Waals surface area contributed by atoms with Crippen molar-refractivity contribution in [3.63, 3.8) is 0 Å². The van der Waals surface area contributed by atoms with Gasteiger partial charge in [0.15, 0.2) is 9.84 Å². The van der Waals surface area contributed by atoms with Crippen molar-refractivity contribution < 1.29 is 17.6 Å². The van der Waals surface area contributed by atoms with E-state index in [1.807, 2.05) is 0 Å². The Morgan fingerprint density at radius 2 is 1.71 bits per heavy atom. The van der Waals surface area contributed by atoms with E-state index in [9.17, 15) is 17.6 Å². The van der Waals surface area contributed by atoms with Crippen molar-refractivity contribution in [1.82, 2.24) is 5.32 Å². The molecule has 0 aromatic heterocycles. The van der Waals surface area contributed by atoms with E-state index >= 15 is 0 Å². The van der Waals surface area contributed by atoms with Gasteiger partial charge < -0.3 is 5.32 Å². The van der Waals surface area contributed by atoms with Gasteiger partial charge in [-0.1, -0.05) is 23.2 Å². The standard InChI is InChI=1S/C16H14Cl2FNO3S/c1-9(12-7-15(19)14(18)8-13(12)17)20-16(21)10-3-5-11(6-4-10)24(2,22)23/h3-9H,1-2H3,(H,20,21)/t9-/m1/s1. The second kappa shape index (κ2) is 7.09. The predicted molar refractivity (Wildman–Crippen MR) is 91.9 cm³/mol. The topological polar surface area (TPSA) is 63.2 Å². The Morgan fingerprint density at radius 3 is 2.25 bits per heavy atom. The lowest BCUT2D eigenvalue weighted by Gasteiger charge is -2.16. The monoisotopic (exact) mass is 389 g/mol. The number of carbonyl (C=O) groups excluding carboxylic acids is 1. The third-order valence-corrected chi connectivity index (χ3v) is 5.14. The summed E-state index contributed by atoms with van der Waals surface area (Å²) < 4.78 is 36.4. The molecule has 8 heteroatoms. The van der Waals surface area contributed by atoms with Crippen molar-refractivity contribution in [1.29, 1.82) is 0 Å². The van der Waals surface area contributed by atoms with Crippen LogP contribution in [0, 0.1) is 5.82 Å². The summed E-state index contributed by atoms with van der Waals surface area (Å²) in [6, 6.07) is 7.39. The van der Waals surface area contributed by atoms with Gasteiger partial charge in [-0.2, -0.15) is 0 Å². The highest BCUT2D eigenvalue weighted by molar-refractivity contribution is 7.90. The van der Waals surface area contributed by atoms with Crippen molar-refractivity contribution in [3.05, 3.63) is 63.4 Å². The van der Waals surface area contributed by atoms with E-state index in [4.69, 9.17) is 23.2 Å². The van der Waals surface area contributed by atoms with Crippen LogP contribution < -0.4 is 5.32 Å². The van der Waals surface area contributed by atoms with Gasteiger partial charge in [0.2, 0.25) is 0 Å². The molecule has 0 aliphatic rings. The lowest BCUT2D eigenvalue weighted by atomic mass is 10.1. The minimum absolute atomic E-state index is 0.0985. The van der Waals surface area contributed by atoms with Gasteiger partial charge in [0.25, 0.3) is 5.91 Å². The van der Waals surface area contributed by atoms with Crippen molar-refractivity contribution >= 4 is 38.9 Å². The van der Waals surface area contributed by atoms with Crippen LogP contribution >= 0.6 is 23.2 Å². The highest BCUT2D eigenvalue weighted by Crippen LogP contribution is 2.28. The molecule has 0 bridgehead atoms. The number of hydrogen-bond donors (Lipinski definition) is 1. The number of nitrogens with one attached hydrogen (secondary N) is 1. The third kappa shape index (κ3) is 4.26. The maximum atomic E-state index is 13.6. The Hall–Kier alpha value is -1.63. The van der Waals surface area contributed by atoms with Crippen molar-refractivity contribution in [2.75, 3.05) is 6.26 Å². The second-order valence-electron chi connectivity index (χ2n) is 5.28. The van der Waals surface area contributed by atoms with Crippen LogP contribution in [0.25, 0.3) is 0 Å². The van der Waals surface area contributed by atoms with Gasteiger partial charge in [-0.15, -0.1) is 0 Å². The summed E-state index contributed by atoms with van der Waals surface area (Å²) in [4.78, 5) is 12.3. The Balaban J connectivity index is 2.19. The van der Waals surface area contributed by atoms with Gasteiger partial charge in [0.05, 0.1) is 16.0 Å². The SMILES string of the molecule is C[C@@H](NC(=O)c1ccc(S(C)(=O)=O)cc1)c1cc(F)c(Cl)cc1Cl. The summed E-state index contributed by atoms with van der Waals surface area (Å²) in [5.74, 6) is -1.07. The molecule has 4 nitrogen and oxygen atoms in total. The molecule has 1 N–H and O–H groups in total. The fourth-order valence-electron chi connectivity index (χ4n) is 2.08. The first-order valence-corrected chi connectivity index (χ1v) is 9.49. The normalized spacial score (nSPS) is 12.7. The smallest absolute Gasteiger partial charge is 0.251 e. The van der Waals surface area contributed by atoms with Crippen molar-refractivity contribution in [2.24, 2.45) is 0 Å². The summed E-state index contributed by atoms with van der Waals surface area (Å²) in [5.41, 5.74) is 0.666. The zero-order chi connectivity index (χ0) is 18.1. The Labute approximate surface area is 149 Å². The molecule has 24 heavy (non-hydrogen) atoms. The van der Waals surface area contributed by atoms with Gasteiger partial charge >= 0.3 is 0 Å². The minimum atomic E-state index is -3.33. The Bertz CT molecular complexity index is 883. The van der Waals surface area contributed by atoms with Crippen LogP contribution in [0.3, 0.4) is 0 Å². The number of benzene rings is 2. The molecule has 2 aromatic carbocycles. The Kier molecular flexibility index (Phi) is 5.52. The molecule has 0 saturated heterocycles. The van der Waals surface area contributed by atoms with E-state index < -0.39 is 27.6 Å². The quantitative estimate of drug-likeness (QED) is 0.802. The molecule has 2 rings (SSSR count). The molecular weight excluding hydrogens is 376 g/mol. The largest absolute Gasteiger partial charge is 0.345 e. The van der Waals surface area contributed by atoms with E-state index in [0.717, 1.165) is 6.26 Å². The van der Waals surface area contributed by atoms with Crippen molar-refractivity contribution in [2.45, 2.75) is 17.9 Å². The van der Waals surface area contributed by atoms with Gasteiger partial charge in [0.1, 0.15) is 5.82 Å². The fraction of sp³-hybridized carbons (Fsp3) is 0.188. The number of amides is 1. The number of rotatable bonds is 4. The number of hydrogen-bond acceptors (Lipinski definition) is 3. The van der Waals surface area contributed by atoms with Gasteiger partial charge in [-0.3, -0.25) is 4.79 Å². The summed E-state index contributed by atoms with van der Waals surface area (Å²) in [7, 11) is -3.33. The molecular formula is C16H14Cl2FNO3S. The molecule has 0 saturated carbocycles. The zero-order valence-corrected chi connectivity index (χ0v) is 15.1. The van der Waals surface area contributed by atoms with E-state index in [-0.39, 0.29) is 20.5 Å². The maximum absolute atomic E-state index is 13.6. The molecule has 1 amide bonds. The summed E-state index contributed by atoms with van der Waals surface area (Å²) in [6.45, 7) is 1.65. The number of carbonyl (C=O) groups is 1. The highest BCUT2D eigenvalue weighted by Gasteiger charge is 2.17. The first-order chi connectivity index (χ1) is 11.1. The van der Waals surface area contributed by atoms with Crippen LogP contribution in [-0.2, 0) is 9.84 Å². The van der Waals surface area contributed by atoms with Gasteiger partial charge in [-0.25, -0.2) is 12.8 Å². The first-order valence-electron chi connectivity index (χ1n) is 6.85. The lowest BCUT2D eigenvalue weighted by molar-refractivity contribution is 0.0939. The summed E-state index contributed by atoms with van der Waals surface area (Å²) in [5, 5.41) is 2.81. The van der Waals surface area contributed by atoms with Crippen LogP contribution in [0.4, 0.5) is 4.39 Å². The molecule has 0 aliphatic carbocycles. The number of sulfone groups is 1. The fourth-order valence-corrected chi connectivity index (χ4v) is 3.26. The summed E-state index contributed by atoms with van der Waals surface area (Å²) in [6.07, 6.45) is 1.08. The highest BCUT2D eigenvalue weighted by atomic mass is 35.5. The average molecular weight is 390 g/mol. The first kappa shape index (κ1) is 18.7. The third-order valence-electron chi connectivity index (χ3n) is 3.40. The van der Waals surface area contributed by atoms with Crippen LogP contribution in [0.1, 0.15) is 28.9 Å². The molecule has 0 spiro atoms. The predicted octanol–water partition coefficient (Wildman–Crippen LogP) is 4.03. The van der Waals surface area contributed by atoms with Gasteiger partial charge in [-0.05, 0) is 48.9 Å². The van der Waals surface area contributed by atoms with E-state index in [2.05, 4.69) is 5.32 Å². The average Bonchev–Trinajstić information content (AvgIpc) is 2.50. The minimum Gasteiger partial charge on any atom is -0.345 e. The van der Waals surface area contributed by atoms with Crippen LogP contribution in [-0.4, -0.2) is 20.6 Å². The van der Waals surface area contributed by atoms with E-state index in [1.165, 1.54) is 36.4 Å². The molecule has 2 aromatic rings. The molecule has 1 atom stereocenters. The zero-order valence-electron chi connectivity index (χ0n) is 12.8. The van der Waals surface area contributed by atoms with E-state index in [1.54, 1.807) is 6.92 Å². The number of halogens is 3. The molecule has 0 aliphatic heterocycles. The molecule has 0 radical (unpaired) electrons. The molecule has 0 fully saturated rings. The van der Waals surface area contributed by atoms with E-state index in [0.29, 0.717) is 5.56 Å². The lowest BCUT2D eigenvalue weighted by Crippen LogP contribution is -2.27. The maximum Gasteiger partial charge on any atom is 0.251 e. The van der Waals surface area contributed by atoms with Gasteiger partial charge in [0, 0.05) is 16.8 Å². The van der Waals surface area contributed by atoms with Crippen molar-refractivity contribution in [3.8, 4) is 0 Å². The molecule has 128 valence electrons. The molecule has 0 unspecified atom stereocenters. The Morgan fingerprint density at radius 1 is 1.12 bits per heavy atom.